The van der Waals surface area contributed by atoms with E-state index in [0.717, 1.165) is 17.4 Å². The quantitative estimate of drug-likeness (QED) is 0.767. The molecule has 3 nitrogen and oxygen atoms in total. The van der Waals surface area contributed by atoms with Gasteiger partial charge in [0.15, 0.2) is 0 Å². The van der Waals surface area contributed by atoms with Crippen molar-refractivity contribution in [2.75, 3.05) is 18.2 Å². The van der Waals surface area contributed by atoms with Crippen LogP contribution in [0.3, 0.4) is 0 Å². The summed E-state index contributed by atoms with van der Waals surface area (Å²) in [5.41, 5.74) is 7.55. The molecule has 0 bridgehead atoms. The predicted octanol–water partition coefficient (Wildman–Crippen LogP) is 2.88. The van der Waals surface area contributed by atoms with Gasteiger partial charge >= 0.3 is 0 Å². The van der Waals surface area contributed by atoms with Crippen LogP contribution in [-0.4, -0.2) is 13.2 Å². The summed E-state index contributed by atoms with van der Waals surface area (Å²) in [4.78, 5) is 0. The minimum atomic E-state index is 0.530. The van der Waals surface area contributed by atoms with E-state index in [4.69, 9.17) is 10.5 Å². The second kappa shape index (κ2) is 4.64. The number of nitrogen functional groups attached to an aromatic ring is 1. The summed E-state index contributed by atoms with van der Waals surface area (Å²) < 4.78 is 5.20. The highest BCUT2D eigenvalue weighted by atomic mass is 16.5. The fourth-order valence-corrected chi connectivity index (χ4v) is 2.12. The number of methoxy groups -OCH3 is 1. The SMILES string of the molecule is COc1cc(NC(C)C2CCC2)ccc1N. The second-order valence-corrected chi connectivity index (χ2v) is 4.58. The molecule has 3 heteroatoms. The van der Waals surface area contributed by atoms with Crippen LogP contribution in [0.2, 0.25) is 0 Å². The Balaban J connectivity index is 2.03. The first-order valence-corrected chi connectivity index (χ1v) is 5.90. The summed E-state index contributed by atoms with van der Waals surface area (Å²) in [6.45, 7) is 2.24. The summed E-state index contributed by atoms with van der Waals surface area (Å²) in [5.74, 6) is 1.56. The molecule has 1 aromatic carbocycles. The van der Waals surface area contributed by atoms with Crippen LogP contribution in [0.1, 0.15) is 26.2 Å². The van der Waals surface area contributed by atoms with Crippen molar-refractivity contribution in [3.05, 3.63) is 18.2 Å². The van der Waals surface area contributed by atoms with Gasteiger partial charge in [-0.25, -0.2) is 0 Å². The summed E-state index contributed by atoms with van der Waals surface area (Å²) in [6, 6.07) is 6.38. The molecule has 1 atom stereocenters. The lowest BCUT2D eigenvalue weighted by Gasteiger charge is -2.32. The van der Waals surface area contributed by atoms with Gasteiger partial charge in [-0.15, -0.1) is 0 Å². The van der Waals surface area contributed by atoms with Gasteiger partial charge in [-0.1, -0.05) is 6.42 Å². The van der Waals surface area contributed by atoms with Crippen molar-refractivity contribution in [2.45, 2.75) is 32.2 Å². The van der Waals surface area contributed by atoms with Gasteiger partial charge in [0, 0.05) is 17.8 Å². The van der Waals surface area contributed by atoms with E-state index < -0.39 is 0 Å². The minimum Gasteiger partial charge on any atom is -0.495 e. The Kier molecular flexibility index (Phi) is 3.22. The van der Waals surface area contributed by atoms with Crippen LogP contribution in [0.4, 0.5) is 11.4 Å². The van der Waals surface area contributed by atoms with Crippen molar-refractivity contribution < 1.29 is 4.74 Å². The van der Waals surface area contributed by atoms with E-state index in [0.29, 0.717) is 11.7 Å². The number of nitrogens with one attached hydrogen (secondary N) is 1. The lowest BCUT2D eigenvalue weighted by atomic mass is 9.80. The number of hydrogen-bond acceptors (Lipinski definition) is 3. The Morgan fingerprint density at radius 2 is 2.19 bits per heavy atom. The number of anilines is 2. The lowest BCUT2D eigenvalue weighted by Crippen LogP contribution is -2.30. The predicted molar refractivity (Wildman–Crippen MR) is 67.8 cm³/mol. The van der Waals surface area contributed by atoms with Crippen molar-refractivity contribution in [3.8, 4) is 5.75 Å². The van der Waals surface area contributed by atoms with E-state index in [1.54, 1.807) is 7.11 Å². The van der Waals surface area contributed by atoms with Gasteiger partial charge in [0.05, 0.1) is 12.8 Å². The molecule has 1 aromatic rings. The molecule has 0 spiro atoms. The van der Waals surface area contributed by atoms with Crippen LogP contribution in [0.25, 0.3) is 0 Å². The molecule has 0 saturated heterocycles. The number of ether oxygens (including phenoxy) is 1. The molecular weight excluding hydrogens is 200 g/mol. The highest BCUT2D eigenvalue weighted by molar-refractivity contribution is 5.61. The molecule has 0 aliphatic heterocycles. The van der Waals surface area contributed by atoms with Crippen molar-refractivity contribution in [3.63, 3.8) is 0 Å². The molecule has 0 amide bonds. The van der Waals surface area contributed by atoms with Gasteiger partial charge in [-0.3, -0.25) is 0 Å². The lowest BCUT2D eigenvalue weighted by molar-refractivity contribution is 0.285. The maximum Gasteiger partial charge on any atom is 0.143 e. The van der Waals surface area contributed by atoms with Gasteiger partial charge in [0.1, 0.15) is 5.75 Å². The van der Waals surface area contributed by atoms with E-state index in [1.165, 1.54) is 19.3 Å². The van der Waals surface area contributed by atoms with Crippen molar-refractivity contribution in [1.29, 1.82) is 0 Å². The van der Waals surface area contributed by atoms with Crippen LogP contribution >= 0.6 is 0 Å². The van der Waals surface area contributed by atoms with Gasteiger partial charge in [0.2, 0.25) is 0 Å². The van der Waals surface area contributed by atoms with Gasteiger partial charge in [-0.2, -0.15) is 0 Å². The van der Waals surface area contributed by atoms with Crippen molar-refractivity contribution in [1.82, 2.24) is 0 Å². The molecule has 0 radical (unpaired) electrons. The van der Waals surface area contributed by atoms with Crippen LogP contribution in [0, 0.1) is 5.92 Å². The number of hydrogen-bond donors (Lipinski definition) is 2. The average molecular weight is 220 g/mol. The molecule has 0 aromatic heterocycles. The van der Waals surface area contributed by atoms with E-state index in [-0.39, 0.29) is 0 Å². The van der Waals surface area contributed by atoms with E-state index in [9.17, 15) is 0 Å². The number of benzene rings is 1. The third kappa shape index (κ3) is 2.23. The molecule has 1 fully saturated rings. The first-order valence-electron chi connectivity index (χ1n) is 5.90. The van der Waals surface area contributed by atoms with Crippen LogP contribution in [-0.2, 0) is 0 Å². The molecule has 1 aliphatic rings. The van der Waals surface area contributed by atoms with Crippen LogP contribution < -0.4 is 15.8 Å². The Morgan fingerprint density at radius 3 is 2.75 bits per heavy atom. The Morgan fingerprint density at radius 1 is 1.44 bits per heavy atom. The fraction of sp³-hybridized carbons (Fsp3) is 0.538. The third-order valence-electron chi connectivity index (χ3n) is 3.48. The molecule has 1 unspecified atom stereocenters. The van der Waals surface area contributed by atoms with Crippen molar-refractivity contribution >= 4 is 11.4 Å². The van der Waals surface area contributed by atoms with Crippen LogP contribution in [0.15, 0.2) is 18.2 Å². The molecule has 1 saturated carbocycles. The van der Waals surface area contributed by atoms with E-state index in [2.05, 4.69) is 12.2 Å². The first kappa shape index (κ1) is 11.1. The molecule has 16 heavy (non-hydrogen) atoms. The Hall–Kier alpha value is -1.38. The number of nitrogens with two attached hydrogens (primary N) is 1. The molecular formula is C13H20N2O. The molecule has 2 rings (SSSR count). The molecule has 0 heterocycles. The maximum absolute atomic E-state index is 5.78. The number of rotatable bonds is 4. The second-order valence-electron chi connectivity index (χ2n) is 4.58. The van der Waals surface area contributed by atoms with E-state index >= 15 is 0 Å². The molecule has 3 N–H and O–H groups in total. The topological polar surface area (TPSA) is 47.3 Å². The largest absolute Gasteiger partial charge is 0.495 e. The normalized spacial score (nSPS) is 17.6. The zero-order valence-electron chi connectivity index (χ0n) is 9.99. The highest BCUT2D eigenvalue weighted by Crippen LogP contribution is 2.32. The molecule has 1 aliphatic carbocycles. The average Bonchev–Trinajstić information content (AvgIpc) is 2.18. The summed E-state index contributed by atoms with van der Waals surface area (Å²) >= 11 is 0. The van der Waals surface area contributed by atoms with Crippen molar-refractivity contribution in [2.24, 2.45) is 5.92 Å². The summed E-state index contributed by atoms with van der Waals surface area (Å²) in [6.07, 6.45) is 4.07. The zero-order chi connectivity index (χ0) is 11.5. The first-order chi connectivity index (χ1) is 7.70. The fourth-order valence-electron chi connectivity index (χ4n) is 2.12. The standard InChI is InChI=1S/C13H20N2O/c1-9(10-4-3-5-10)15-11-6-7-12(14)13(8-11)16-2/h6-10,15H,3-5,14H2,1-2H3. The summed E-state index contributed by atoms with van der Waals surface area (Å²) in [5, 5.41) is 3.51. The monoisotopic (exact) mass is 220 g/mol. The maximum atomic E-state index is 5.78. The Bertz CT molecular complexity index is 361. The molecule has 88 valence electrons. The smallest absolute Gasteiger partial charge is 0.143 e. The highest BCUT2D eigenvalue weighted by Gasteiger charge is 2.23. The van der Waals surface area contributed by atoms with Crippen LogP contribution in [0.5, 0.6) is 5.75 Å². The van der Waals surface area contributed by atoms with Gasteiger partial charge in [-0.05, 0) is 37.8 Å². The zero-order valence-corrected chi connectivity index (χ0v) is 9.99. The summed E-state index contributed by atoms with van der Waals surface area (Å²) in [7, 11) is 1.64. The van der Waals surface area contributed by atoms with Gasteiger partial charge in [0.25, 0.3) is 0 Å². The third-order valence-corrected chi connectivity index (χ3v) is 3.48. The minimum absolute atomic E-state index is 0.530. The van der Waals surface area contributed by atoms with Gasteiger partial charge < -0.3 is 15.8 Å². The Labute approximate surface area is 97.0 Å². The van der Waals surface area contributed by atoms with E-state index in [1.807, 2.05) is 18.2 Å².